The van der Waals surface area contributed by atoms with Gasteiger partial charge in [0.15, 0.2) is 9.84 Å². The summed E-state index contributed by atoms with van der Waals surface area (Å²) < 4.78 is 25.9. The van der Waals surface area contributed by atoms with E-state index in [-0.39, 0.29) is 4.90 Å². The first-order valence-electron chi connectivity index (χ1n) is 12.5. The molecule has 0 unspecified atom stereocenters. The fourth-order valence-corrected chi connectivity index (χ4v) is 5.21. The molecule has 0 amide bonds. The fraction of sp³-hybridized carbons (Fsp3) is 0.156. The van der Waals surface area contributed by atoms with Crippen molar-refractivity contribution in [1.82, 2.24) is 14.5 Å². The maximum Gasteiger partial charge on any atom is 0.175 e. The Morgan fingerprint density at radius 2 is 1.74 bits per heavy atom. The SMILES string of the molecule is Cn1ccnc1/C(=C/c1cccc(-c2cc(C(C)(C)C#N)cc3cccnc23)c1)c1ccc(S(C)(=O)=O)cc1. The number of pyridine rings is 1. The van der Waals surface area contributed by atoms with Crippen LogP contribution in [0.25, 0.3) is 33.7 Å². The van der Waals surface area contributed by atoms with Gasteiger partial charge in [0.05, 0.1) is 21.9 Å². The van der Waals surface area contributed by atoms with Gasteiger partial charge in [-0.25, -0.2) is 13.4 Å². The standard InChI is InChI=1S/C32H28N4O2S/c1-32(2,21-33)26-19-25-9-6-14-34-30(25)28(20-26)24-8-5-7-22(17-24)18-29(31-35-15-16-36(31)3)23-10-12-27(13-11-23)39(4,37)38/h5-20H,1-4H3/b29-18+. The number of imidazole rings is 1. The monoisotopic (exact) mass is 532 g/mol. The Morgan fingerprint density at radius 1 is 0.974 bits per heavy atom. The second-order valence-electron chi connectivity index (χ2n) is 10.2. The van der Waals surface area contributed by atoms with E-state index in [1.165, 1.54) is 6.26 Å². The average Bonchev–Trinajstić information content (AvgIpc) is 3.36. The zero-order valence-electron chi connectivity index (χ0n) is 22.3. The van der Waals surface area contributed by atoms with Crippen molar-refractivity contribution in [2.24, 2.45) is 7.05 Å². The lowest BCUT2D eigenvalue weighted by Crippen LogP contribution is -2.14. The van der Waals surface area contributed by atoms with Crippen molar-refractivity contribution >= 4 is 32.4 Å². The number of nitrogens with zero attached hydrogens (tertiary/aromatic N) is 4. The van der Waals surface area contributed by atoms with Gasteiger partial charge >= 0.3 is 0 Å². The van der Waals surface area contributed by atoms with Crippen molar-refractivity contribution in [3.63, 3.8) is 0 Å². The second kappa shape index (κ2) is 9.97. The van der Waals surface area contributed by atoms with E-state index in [1.807, 2.05) is 80.2 Å². The number of hydrogen-bond acceptors (Lipinski definition) is 5. The van der Waals surface area contributed by atoms with Gasteiger partial charge in [-0.2, -0.15) is 5.26 Å². The Bertz CT molecular complexity index is 1880. The molecule has 0 N–H and O–H groups in total. The van der Waals surface area contributed by atoms with Gasteiger partial charge in [-0.3, -0.25) is 4.98 Å². The molecular formula is C32H28N4O2S. The van der Waals surface area contributed by atoms with Crippen LogP contribution in [0.4, 0.5) is 0 Å². The summed E-state index contributed by atoms with van der Waals surface area (Å²) in [4.78, 5) is 9.50. The van der Waals surface area contributed by atoms with Gasteiger partial charge in [0.2, 0.25) is 0 Å². The normalized spacial score (nSPS) is 12.4. The third-order valence-corrected chi connectivity index (χ3v) is 8.00. The van der Waals surface area contributed by atoms with Gasteiger partial charge in [0, 0.05) is 48.4 Å². The predicted octanol–water partition coefficient (Wildman–Crippen LogP) is 6.43. The third kappa shape index (κ3) is 5.25. The minimum Gasteiger partial charge on any atom is -0.334 e. The van der Waals surface area contributed by atoms with Crippen LogP contribution in [0.15, 0.2) is 96.3 Å². The molecule has 0 radical (unpaired) electrons. The summed E-state index contributed by atoms with van der Waals surface area (Å²) in [7, 11) is -1.37. The molecule has 0 aliphatic heterocycles. The molecule has 0 spiro atoms. The average molecular weight is 533 g/mol. The summed E-state index contributed by atoms with van der Waals surface area (Å²) in [5.41, 5.74) is 5.76. The van der Waals surface area contributed by atoms with Crippen LogP contribution >= 0.6 is 0 Å². The van der Waals surface area contributed by atoms with E-state index in [9.17, 15) is 13.7 Å². The second-order valence-corrected chi connectivity index (χ2v) is 12.2. The van der Waals surface area contributed by atoms with Crippen molar-refractivity contribution in [2.45, 2.75) is 24.2 Å². The zero-order chi connectivity index (χ0) is 27.8. The molecule has 2 heterocycles. The Balaban J connectivity index is 1.67. The molecule has 3 aromatic carbocycles. The minimum absolute atomic E-state index is 0.270. The van der Waals surface area contributed by atoms with E-state index in [4.69, 9.17) is 0 Å². The smallest absolute Gasteiger partial charge is 0.175 e. The van der Waals surface area contributed by atoms with Crippen LogP contribution in [0, 0.1) is 11.3 Å². The Hall–Kier alpha value is -4.54. The summed E-state index contributed by atoms with van der Waals surface area (Å²) >= 11 is 0. The molecule has 0 bridgehead atoms. The number of fused-ring (bicyclic) bond motifs is 1. The Kier molecular flexibility index (Phi) is 6.67. The lowest BCUT2D eigenvalue weighted by molar-refractivity contribution is 0.602. The molecule has 0 saturated carbocycles. The predicted molar refractivity (Wildman–Crippen MR) is 156 cm³/mol. The topological polar surface area (TPSA) is 88.6 Å². The van der Waals surface area contributed by atoms with Crippen LogP contribution in [0.5, 0.6) is 0 Å². The van der Waals surface area contributed by atoms with Crippen molar-refractivity contribution in [3.05, 3.63) is 114 Å². The number of aryl methyl sites for hydroxylation is 1. The van der Waals surface area contributed by atoms with E-state index < -0.39 is 15.3 Å². The van der Waals surface area contributed by atoms with Gasteiger partial charge in [-0.1, -0.05) is 36.4 Å². The van der Waals surface area contributed by atoms with Crippen molar-refractivity contribution in [3.8, 4) is 17.2 Å². The van der Waals surface area contributed by atoms with Crippen LogP contribution in [0.3, 0.4) is 0 Å². The molecule has 5 aromatic rings. The third-order valence-electron chi connectivity index (χ3n) is 6.87. The summed E-state index contributed by atoms with van der Waals surface area (Å²) in [6.45, 7) is 3.84. The summed E-state index contributed by atoms with van der Waals surface area (Å²) in [6.07, 6.45) is 8.66. The van der Waals surface area contributed by atoms with E-state index in [1.54, 1.807) is 24.5 Å². The Labute approximate surface area is 228 Å². The highest BCUT2D eigenvalue weighted by molar-refractivity contribution is 7.90. The number of aromatic nitrogens is 3. The van der Waals surface area contributed by atoms with Gasteiger partial charge in [-0.05, 0) is 78.6 Å². The summed E-state index contributed by atoms with van der Waals surface area (Å²) in [5, 5.41) is 10.8. The Morgan fingerprint density at radius 3 is 2.41 bits per heavy atom. The molecule has 0 saturated heterocycles. The van der Waals surface area contributed by atoms with Crippen LogP contribution in [0.2, 0.25) is 0 Å². The zero-order valence-corrected chi connectivity index (χ0v) is 23.1. The molecule has 0 aliphatic carbocycles. The molecule has 5 rings (SSSR count). The molecule has 194 valence electrons. The molecule has 0 aliphatic rings. The summed E-state index contributed by atoms with van der Waals surface area (Å²) in [6, 6.07) is 25.5. The fourth-order valence-electron chi connectivity index (χ4n) is 4.58. The van der Waals surface area contributed by atoms with Crippen molar-refractivity contribution < 1.29 is 8.42 Å². The maximum atomic E-state index is 12.0. The van der Waals surface area contributed by atoms with Crippen molar-refractivity contribution in [2.75, 3.05) is 6.26 Å². The lowest BCUT2D eigenvalue weighted by atomic mass is 9.83. The van der Waals surface area contributed by atoms with Crippen LogP contribution in [0.1, 0.15) is 36.4 Å². The van der Waals surface area contributed by atoms with E-state index >= 15 is 0 Å². The largest absolute Gasteiger partial charge is 0.334 e. The highest BCUT2D eigenvalue weighted by Crippen LogP contribution is 2.35. The molecule has 0 atom stereocenters. The van der Waals surface area contributed by atoms with Gasteiger partial charge in [0.25, 0.3) is 0 Å². The van der Waals surface area contributed by atoms with Crippen LogP contribution in [-0.2, 0) is 22.3 Å². The number of nitriles is 1. The van der Waals surface area contributed by atoms with Gasteiger partial charge in [-0.15, -0.1) is 0 Å². The molecule has 39 heavy (non-hydrogen) atoms. The molecule has 7 heteroatoms. The molecule has 6 nitrogen and oxygen atoms in total. The highest BCUT2D eigenvalue weighted by Gasteiger charge is 2.22. The van der Waals surface area contributed by atoms with Crippen molar-refractivity contribution in [1.29, 1.82) is 5.26 Å². The van der Waals surface area contributed by atoms with Crippen LogP contribution in [-0.4, -0.2) is 29.2 Å². The van der Waals surface area contributed by atoms with E-state index in [0.717, 1.165) is 50.1 Å². The quantitative estimate of drug-likeness (QED) is 0.235. The minimum atomic E-state index is -3.30. The lowest BCUT2D eigenvalue weighted by Gasteiger charge is -2.19. The maximum absolute atomic E-state index is 12.0. The highest BCUT2D eigenvalue weighted by atomic mass is 32.2. The van der Waals surface area contributed by atoms with E-state index in [0.29, 0.717) is 0 Å². The van der Waals surface area contributed by atoms with Crippen LogP contribution < -0.4 is 0 Å². The molecule has 0 fully saturated rings. The van der Waals surface area contributed by atoms with Gasteiger partial charge in [0.1, 0.15) is 5.82 Å². The summed E-state index contributed by atoms with van der Waals surface area (Å²) in [5.74, 6) is 0.761. The molecular weight excluding hydrogens is 504 g/mol. The van der Waals surface area contributed by atoms with Gasteiger partial charge < -0.3 is 4.57 Å². The number of rotatable bonds is 6. The number of sulfone groups is 1. The first-order valence-corrected chi connectivity index (χ1v) is 14.4. The first-order chi connectivity index (χ1) is 18.6. The number of hydrogen-bond donors (Lipinski definition) is 0. The number of benzene rings is 3. The first kappa shape index (κ1) is 26.1. The molecule has 2 aromatic heterocycles. The van der Waals surface area contributed by atoms with E-state index in [2.05, 4.69) is 34.2 Å².